The molecule has 27 heavy (non-hydrogen) atoms. The summed E-state index contributed by atoms with van der Waals surface area (Å²) in [6.45, 7) is 3.96. The maximum Gasteiger partial charge on any atom is 0.119 e. The van der Waals surface area contributed by atoms with Crippen LogP contribution in [0.5, 0.6) is 11.5 Å². The first-order chi connectivity index (χ1) is 13.3. The second-order valence-corrected chi connectivity index (χ2v) is 6.66. The normalized spacial score (nSPS) is 11.0. The molecule has 146 valence electrons. The molecule has 3 heteroatoms. The molecule has 0 spiro atoms. The van der Waals surface area contributed by atoms with Crippen molar-refractivity contribution in [2.24, 2.45) is 0 Å². The van der Waals surface area contributed by atoms with Crippen molar-refractivity contribution in [3.05, 3.63) is 59.7 Å². The topological polar surface area (TPSA) is 38.7 Å². The molecule has 0 aliphatic carbocycles. The van der Waals surface area contributed by atoms with Crippen LogP contribution in [-0.4, -0.2) is 24.9 Å². The number of aliphatic hydroxyl groups is 1. The molecule has 0 aromatic heterocycles. The van der Waals surface area contributed by atoms with Crippen LogP contribution in [0.15, 0.2) is 48.5 Å². The zero-order chi connectivity index (χ0) is 19.2. The summed E-state index contributed by atoms with van der Waals surface area (Å²) in [5.74, 6) is 1.83. The molecule has 2 rings (SSSR count). The van der Waals surface area contributed by atoms with Crippen molar-refractivity contribution in [3.8, 4) is 11.5 Å². The molecule has 3 nitrogen and oxygen atoms in total. The van der Waals surface area contributed by atoms with Gasteiger partial charge in [-0.15, -0.1) is 0 Å². The van der Waals surface area contributed by atoms with Gasteiger partial charge in [-0.25, -0.2) is 0 Å². The van der Waals surface area contributed by atoms with E-state index in [1.807, 2.05) is 24.3 Å². The second kappa shape index (κ2) is 13.0. The number of hydrogen-bond acceptors (Lipinski definition) is 3. The first-order valence-corrected chi connectivity index (χ1v) is 10.1. The Hall–Kier alpha value is -2.26. The van der Waals surface area contributed by atoms with E-state index in [1.165, 1.54) is 0 Å². The molecule has 0 bridgehead atoms. The van der Waals surface area contributed by atoms with E-state index in [-0.39, 0.29) is 6.61 Å². The number of unbranched alkanes of at least 4 members (excludes halogenated alkanes) is 4. The van der Waals surface area contributed by atoms with Gasteiger partial charge in [-0.3, -0.25) is 0 Å². The van der Waals surface area contributed by atoms with Gasteiger partial charge in [0, 0.05) is 6.61 Å². The molecule has 2 aromatic rings. The number of ether oxygens (including phenoxy) is 2. The lowest BCUT2D eigenvalue weighted by atomic mass is 10.1. The Bertz CT molecular complexity index is 644. The standard InChI is InChI=1S/C24H32O3/c1-2-3-19-26-23-14-10-21(11-15-23)8-9-22-12-16-24(17-13-22)27-20-7-5-4-6-18-25/h8-17,25H,2-7,18-20H2,1H3. The average molecular weight is 369 g/mol. The van der Waals surface area contributed by atoms with Crippen molar-refractivity contribution in [1.29, 1.82) is 0 Å². The number of rotatable bonds is 13. The van der Waals surface area contributed by atoms with Crippen molar-refractivity contribution < 1.29 is 14.6 Å². The van der Waals surface area contributed by atoms with Crippen molar-refractivity contribution >= 4 is 12.2 Å². The molecule has 0 fully saturated rings. The predicted octanol–water partition coefficient (Wildman–Crippen LogP) is 5.97. The Morgan fingerprint density at radius 1 is 0.667 bits per heavy atom. The van der Waals surface area contributed by atoms with Crippen LogP contribution in [0, 0.1) is 0 Å². The van der Waals surface area contributed by atoms with Gasteiger partial charge in [-0.2, -0.15) is 0 Å². The Kier molecular flexibility index (Phi) is 10.1. The van der Waals surface area contributed by atoms with Gasteiger partial charge in [-0.05, 0) is 61.1 Å². The zero-order valence-electron chi connectivity index (χ0n) is 16.4. The lowest BCUT2D eigenvalue weighted by Crippen LogP contribution is -1.97. The van der Waals surface area contributed by atoms with E-state index < -0.39 is 0 Å². The number of aliphatic hydroxyl groups excluding tert-OH is 1. The molecule has 0 saturated carbocycles. The van der Waals surface area contributed by atoms with Crippen LogP contribution >= 0.6 is 0 Å². The molecule has 0 saturated heterocycles. The van der Waals surface area contributed by atoms with E-state index in [0.29, 0.717) is 0 Å². The molecule has 2 aromatic carbocycles. The van der Waals surface area contributed by atoms with Crippen LogP contribution < -0.4 is 9.47 Å². The smallest absolute Gasteiger partial charge is 0.119 e. The summed E-state index contributed by atoms with van der Waals surface area (Å²) < 4.78 is 11.4. The quantitative estimate of drug-likeness (QED) is 0.350. The van der Waals surface area contributed by atoms with Gasteiger partial charge in [0.05, 0.1) is 13.2 Å². The van der Waals surface area contributed by atoms with Crippen molar-refractivity contribution in [1.82, 2.24) is 0 Å². The van der Waals surface area contributed by atoms with Gasteiger partial charge < -0.3 is 14.6 Å². The van der Waals surface area contributed by atoms with Gasteiger partial charge in [0.1, 0.15) is 11.5 Å². The molecule has 0 aliphatic rings. The number of benzene rings is 2. The maximum absolute atomic E-state index is 8.75. The minimum Gasteiger partial charge on any atom is -0.494 e. The van der Waals surface area contributed by atoms with Gasteiger partial charge in [-0.1, -0.05) is 56.2 Å². The molecule has 0 radical (unpaired) electrons. The SMILES string of the molecule is CCCCOc1ccc(C=Cc2ccc(OCCCCCCO)cc2)cc1. The van der Waals surface area contributed by atoms with E-state index in [0.717, 1.165) is 74.4 Å². The molecule has 0 atom stereocenters. The number of hydrogen-bond donors (Lipinski definition) is 1. The summed E-state index contributed by atoms with van der Waals surface area (Å²) in [5.41, 5.74) is 2.30. The minimum absolute atomic E-state index is 0.284. The highest BCUT2D eigenvalue weighted by molar-refractivity contribution is 5.70. The summed E-state index contributed by atoms with van der Waals surface area (Å²) in [6.07, 6.45) is 10.5. The van der Waals surface area contributed by atoms with Crippen molar-refractivity contribution in [2.45, 2.75) is 45.4 Å². The molecule has 0 heterocycles. The largest absolute Gasteiger partial charge is 0.494 e. The van der Waals surface area contributed by atoms with E-state index >= 15 is 0 Å². The summed E-state index contributed by atoms with van der Waals surface area (Å²) in [6, 6.07) is 16.4. The third-order valence-electron chi connectivity index (χ3n) is 4.32. The lowest BCUT2D eigenvalue weighted by molar-refractivity contribution is 0.273. The molecule has 0 unspecified atom stereocenters. The highest BCUT2D eigenvalue weighted by Gasteiger charge is 1.96. The summed E-state index contributed by atoms with van der Waals surface area (Å²) in [4.78, 5) is 0. The summed E-state index contributed by atoms with van der Waals surface area (Å²) >= 11 is 0. The van der Waals surface area contributed by atoms with Gasteiger partial charge in [0.15, 0.2) is 0 Å². The first-order valence-electron chi connectivity index (χ1n) is 10.1. The average Bonchev–Trinajstić information content (AvgIpc) is 2.71. The van der Waals surface area contributed by atoms with Crippen LogP contribution in [-0.2, 0) is 0 Å². The fraction of sp³-hybridized carbons (Fsp3) is 0.417. The third-order valence-corrected chi connectivity index (χ3v) is 4.32. The Morgan fingerprint density at radius 2 is 1.15 bits per heavy atom. The van der Waals surface area contributed by atoms with Crippen LogP contribution in [0.4, 0.5) is 0 Å². The monoisotopic (exact) mass is 368 g/mol. The zero-order valence-corrected chi connectivity index (χ0v) is 16.4. The minimum atomic E-state index is 0.284. The van der Waals surface area contributed by atoms with Crippen LogP contribution in [0.3, 0.4) is 0 Å². The highest BCUT2D eigenvalue weighted by Crippen LogP contribution is 2.17. The van der Waals surface area contributed by atoms with Crippen LogP contribution in [0.2, 0.25) is 0 Å². The van der Waals surface area contributed by atoms with E-state index in [4.69, 9.17) is 14.6 Å². The molecule has 0 aliphatic heterocycles. The fourth-order valence-corrected chi connectivity index (χ4v) is 2.63. The van der Waals surface area contributed by atoms with Crippen molar-refractivity contribution in [2.75, 3.05) is 19.8 Å². The summed E-state index contributed by atoms with van der Waals surface area (Å²) in [5, 5.41) is 8.75. The van der Waals surface area contributed by atoms with E-state index in [1.54, 1.807) is 0 Å². The third kappa shape index (κ3) is 8.78. The predicted molar refractivity (Wildman–Crippen MR) is 113 cm³/mol. The lowest BCUT2D eigenvalue weighted by Gasteiger charge is -2.06. The Morgan fingerprint density at radius 3 is 1.63 bits per heavy atom. The Balaban J connectivity index is 1.74. The van der Waals surface area contributed by atoms with Gasteiger partial charge in [0.2, 0.25) is 0 Å². The molecular weight excluding hydrogens is 336 g/mol. The van der Waals surface area contributed by atoms with Crippen molar-refractivity contribution in [3.63, 3.8) is 0 Å². The summed E-state index contributed by atoms with van der Waals surface area (Å²) in [7, 11) is 0. The Labute approximate surface area is 163 Å². The molecule has 0 amide bonds. The second-order valence-electron chi connectivity index (χ2n) is 6.66. The highest BCUT2D eigenvalue weighted by atomic mass is 16.5. The fourth-order valence-electron chi connectivity index (χ4n) is 2.63. The first kappa shape index (κ1) is 21.0. The maximum atomic E-state index is 8.75. The van der Waals surface area contributed by atoms with E-state index in [2.05, 4.69) is 43.3 Å². The molecular formula is C24H32O3. The van der Waals surface area contributed by atoms with Crippen LogP contribution in [0.1, 0.15) is 56.6 Å². The van der Waals surface area contributed by atoms with E-state index in [9.17, 15) is 0 Å². The van der Waals surface area contributed by atoms with Gasteiger partial charge in [0.25, 0.3) is 0 Å². The van der Waals surface area contributed by atoms with Gasteiger partial charge >= 0.3 is 0 Å². The molecule has 1 N–H and O–H groups in total. The van der Waals surface area contributed by atoms with Crippen LogP contribution in [0.25, 0.3) is 12.2 Å².